The van der Waals surface area contributed by atoms with Crippen LogP contribution in [-0.4, -0.2) is 66.7 Å². The van der Waals surface area contributed by atoms with Gasteiger partial charge in [-0.1, -0.05) is 49.8 Å². The van der Waals surface area contributed by atoms with Gasteiger partial charge in [-0.3, -0.25) is 4.79 Å². The van der Waals surface area contributed by atoms with E-state index < -0.39 is 35.5 Å². The molecule has 3 unspecified atom stereocenters. The molecular formula is C32H46O7. The van der Waals surface area contributed by atoms with Gasteiger partial charge in [0.15, 0.2) is 5.79 Å². The highest BCUT2D eigenvalue weighted by atomic mass is 16.7. The Morgan fingerprint density at radius 3 is 2.67 bits per heavy atom. The fraction of sp³-hybridized carbons (Fsp3) is 0.719. The van der Waals surface area contributed by atoms with Gasteiger partial charge in [-0.2, -0.15) is 0 Å². The number of esters is 1. The molecule has 39 heavy (non-hydrogen) atoms. The molecule has 1 aliphatic carbocycles. The third-order valence-corrected chi connectivity index (χ3v) is 9.52. The normalized spacial score (nSPS) is 48.7. The van der Waals surface area contributed by atoms with Crippen LogP contribution < -0.4 is 0 Å². The smallest absolute Gasteiger partial charge is 0.316 e. The first-order valence-corrected chi connectivity index (χ1v) is 14.7. The zero-order valence-electron chi connectivity index (χ0n) is 24.4. The van der Waals surface area contributed by atoms with Crippen LogP contribution in [0.1, 0.15) is 73.1 Å². The predicted octanol–water partition coefficient (Wildman–Crippen LogP) is 5.19. The fourth-order valence-corrected chi connectivity index (χ4v) is 7.14. The number of hydrogen-bond donors (Lipinski definition) is 1. The highest BCUT2D eigenvalue weighted by Gasteiger charge is 2.60. The SMILES string of the molecule is COC1C(C)=C[C@H]2C(=O)O[C@@H]3C[C@@H](C/C=C(/C)CC(C)/C=C/C=C4/COC1[C@@]42O)O[C@@]1(CC[C@H](C)[C@@H](C)O1)C3. The third kappa shape index (κ3) is 5.58. The van der Waals surface area contributed by atoms with Crippen molar-refractivity contribution < 1.29 is 33.6 Å². The fourth-order valence-electron chi connectivity index (χ4n) is 7.14. The van der Waals surface area contributed by atoms with E-state index in [-0.39, 0.29) is 24.9 Å². The average molecular weight is 543 g/mol. The van der Waals surface area contributed by atoms with Crippen molar-refractivity contribution in [3.8, 4) is 0 Å². The van der Waals surface area contributed by atoms with E-state index in [1.165, 1.54) is 5.57 Å². The highest BCUT2D eigenvalue weighted by Crippen LogP contribution is 2.47. The number of allylic oxidation sites excluding steroid dienone is 4. The Balaban J connectivity index is 1.52. The summed E-state index contributed by atoms with van der Waals surface area (Å²) in [6, 6.07) is 0. The van der Waals surface area contributed by atoms with Gasteiger partial charge >= 0.3 is 5.97 Å². The summed E-state index contributed by atoms with van der Waals surface area (Å²) in [5, 5.41) is 12.2. The Morgan fingerprint density at radius 2 is 1.92 bits per heavy atom. The number of fused-ring (bicyclic) bond motifs is 2. The van der Waals surface area contributed by atoms with E-state index in [9.17, 15) is 9.90 Å². The van der Waals surface area contributed by atoms with Crippen LogP contribution in [0.15, 0.2) is 47.1 Å². The number of ether oxygens (including phenoxy) is 5. The largest absolute Gasteiger partial charge is 0.462 e. The minimum absolute atomic E-state index is 0.0660. The second-order valence-electron chi connectivity index (χ2n) is 12.6. The summed E-state index contributed by atoms with van der Waals surface area (Å²) >= 11 is 0. The molecule has 5 aliphatic rings. The van der Waals surface area contributed by atoms with Crippen LogP contribution in [-0.2, 0) is 28.5 Å². The van der Waals surface area contributed by atoms with E-state index in [0.717, 1.165) is 31.3 Å². The lowest BCUT2D eigenvalue weighted by Gasteiger charge is -2.49. The van der Waals surface area contributed by atoms with Crippen LogP contribution in [0.25, 0.3) is 0 Å². The van der Waals surface area contributed by atoms with Gasteiger partial charge in [0.05, 0.1) is 18.8 Å². The molecule has 0 amide bonds. The van der Waals surface area contributed by atoms with Gasteiger partial charge in [0.2, 0.25) is 0 Å². The van der Waals surface area contributed by atoms with Gasteiger partial charge in [-0.05, 0) is 63.0 Å². The summed E-state index contributed by atoms with van der Waals surface area (Å²) in [5.74, 6) is -1.33. The van der Waals surface area contributed by atoms with Crippen molar-refractivity contribution in [3.63, 3.8) is 0 Å². The molecule has 10 atom stereocenters. The van der Waals surface area contributed by atoms with Crippen molar-refractivity contribution in [2.24, 2.45) is 17.8 Å². The molecule has 4 heterocycles. The molecule has 1 N–H and O–H groups in total. The minimum Gasteiger partial charge on any atom is -0.462 e. The average Bonchev–Trinajstić information content (AvgIpc) is 3.21. The first-order valence-electron chi connectivity index (χ1n) is 14.7. The Labute approximate surface area is 233 Å². The molecule has 3 saturated heterocycles. The molecule has 7 heteroatoms. The second kappa shape index (κ2) is 11.2. The Morgan fingerprint density at radius 1 is 1.13 bits per heavy atom. The van der Waals surface area contributed by atoms with Crippen LogP contribution >= 0.6 is 0 Å². The van der Waals surface area contributed by atoms with Crippen LogP contribution in [0.3, 0.4) is 0 Å². The van der Waals surface area contributed by atoms with Crippen molar-refractivity contribution in [3.05, 3.63) is 47.1 Å². The van der Waals surface area contributed by atoms with Gasteiger partial charge in [0.1, 0.15) is 29.8 Å². The van der Waals surface area contributed by atoms with Crippen LogP contribution in [0, 0.1) is 17.8 Å². The number of rotatable bonds is 1. The van der Waals surface area contributed by atoms with Crippen molar-refractivity contribution >= 4 is 5.97 Å². The molecule has 2 bridgehead atoms. The van der Waals surface area contributed by atoms with Gasteiger partial charge in [-0.15, -0.1) is 0 Å². The molecule has 0 saturated carbocycles. The number of aliphatic hydroxyl groups is 1. The molecule has 0 aromatic heterocycles. The summed E-state index contributed by atoms with van der Waals surface area (Å²) in [7, 11) is 1.61. The quantitative estimate of drug-likeness (QED) is 0.361. The van der Waals surface area contributed by atoms with Crippen molar-refractivity contribution in [1.29, 1.82) is 0 Å². The van der Waals surface area contributed by atoms with Gasteiger partial charge in [0.25, 0.3) is 0 Å². The molecule has 1 spiro atoms. The summed E-state index contributed by atoms with van der Waals surface area (Å²) in [6.45, 7) is 10.8. The van der Waals surface area contributed by atoms with Gasteiger partial charge < -0.3 is 28.8 Å². The van der Waals surface area contributed by atoms with Crippen LogP contribution in [0.2, 0.25) is 0 Å². The molecule has 3 fully saturated rings. The summed E-state index contributed by atoms with van der Waals surface area (Å²) < 4.78 is 31.3. The minimum atomic E-state index is -1.55. The number of carbonyl (C=O) groups is 1. The highest BCUT2D eigenvalue weighted by molar-refractivity contribution is 5.78. The molecule has 216 valence electrons. The number of hydrogen-bond acceptors (Lipinski definition) is 7. The van der Waals surface area contributed by atoms with Crippen LogP contribution in [0.5, 0.6) is 0 Å². The van der Waals surface area contributed by atoms with Crippen molar-refractivity contribution in [2.45, 2.75) is 115 Å². The zero-order valence-corrected chi connectivity index (χ0v) is 24.4. The maximum absolute atomic E-state index is 13.9. The van der Waals surface area contributed by atoms with Crippen LogP contribution in [0.4, 0.5) is 0 Å². The topological polar surface area (TPSA) is 83.5 Å². The molecule has 0 aromatic rings. The predicted molar refractivity (Wildman–Crippen MR) is 148 cm³/mol. The standard InChI is InChI=1S/C32H46O7/c1-19-8-7-9-24-18-36-29-28(35-6)22(4)15-27(32(24,29)34)30(33)37-26-16-25(11-10-20(2)14-19)39-31(17-26)13-12-21(3)23(5)38-31/h7-10,15,19,21,23,25-29,34H,11-14,16-18H2,1-6H3/b8-7+,20-10-,24-9-/t19?,21-,23+,25+,26+,27-,28?,29?,31-,32+/m0/s1. The van der Waals surface area contributed by atoms with Crippen molar-refractivity contribution in [2.75, 3.05) is 13.7 Å². The molecule has 0 radical (unpaired) electrons. The van der Waals surface area contributed by atoms with Crippen molar-refractivity contribution in [1.82, 2.24) is 0 Å². The summed E-state index contributed by atoms with van der Waals surface area (Å²) in [5.41, 5.74) is 1.27. The summed E-state index contributed by atoms with van der Waals surface area (Å²) in [4.78, 5) is 13.9. The number of methoxy groups -OCH3 is 1. The lowest BCUT2D eigenvalue weighted by molar-refractivity contribution is -0.332. The van der Waals surface area contributed by atoms with E-state index in [4.69, 9.17) is 23.7 Å². The lowest BCUT2D eigenvalue weighted by atomic mass is 9.70. The van der Waals surface area contributed by atoms with E-state index in [2.05, 4.69) is 39.8 Å². The van der Waals surface area contributed by atoms with E-state index >= 15 is 0 Å². The van der Waals surface area contributed by atoms with E-state index in [0.29, 0.717) is 30.3 Å². The first kappa shape index (κ1) is 28.7. The maximum Gasteiger partial charge on any atom is 0.316 e. The zero-order chi connectivity index (χ0) is 27.9. The Kier molecular flexibility index (Phi) is 8.29. The van der Waals surface area contributed by atoms with Gasteiger partial charge in [-0.25, -0.2) is 0 Å². The van der Waals surface area contributed by atoms with Gasteiger partial charge in [0, 0.05) is 26.4 Å². The molecule has 4 aliphatic heterocycles. The number of carbonyl (C=O) groups excluding carboxylic acids is 1. The third-order valence-electron chi connectivity index (χ3n) is 9.52. The second-order valence-corrected chi connectivity index (χ2v) is 12.6. The van der Waals surface area contributed by atoms with E-state index in [1.807, 2.05) is 25.2 Å². The monoisotopic (exact) mass is 542 g/mol. The maximum atomic E-state index is 13.9. The molecule has 5 rings (SSSR count). The summed E-state index contributed by atoms with van der Waals surface area (Å²) in [6.07, 6.45) is 13.1. The van der Waals surface area contributed by atoms with E-state index in [1.54, 1.807) is 7.11 Å². The first-order chi connectivity index (χ1) is 18.5. The Hall–Kier alpha value is -1.77. The Bertz CT molecular complexity index is 1060. The lowest BCUT2D eigenvalue weighted by Crippen LogP contribution is -2.58. The molecule has 7 nitrogen and oxygen atoms in total. The molecule has 0 aromatic carbocycles. The molecular weight excluding hydrogens is 496 g/mol.